The number of rotatable bonds is 3. The van der Waals surface area contributed by atoms with Gasteiger partial charge in [0.2, 0.25) is 0 Å². The van der Waals surface area contributed by atoms with Crippen molar-refractivity contribution >= 4 is 18.2 Å². The first-order valence-electron chi connectivity index (χ1n) is 6.32. The van der Waals surface area contributed by atoms with E-state index in [1.165, 1.54) is 7.11 Å². The fourth-order valence-corrected chi connectivity index (χ4v) is 2.39. The van der Waals surface area contributed by atoms with Crippen molar-refractivity contribution in [1.29, 1.82) is 0 Å². The lowest BCUT2D eigenvalue weighted by molar-refractivity contribution is 0.0598. The fourth-order valence-electron chi connectivity index (χ4n) is 2.06. The summed E-state index contributed by atoms with van der Waals surface area (Å²) in [5, 5.41) is 0. The first-order chi connectivity index (χ1) is 9.97. The summed E-state index contributed by atoms with van der Waals surface area (Å²) in [5.74, 6) is 0.749. The highest BCUT2D eigenvalue weighted by Crippen LogP contribution is 2.29. The van der Waals surface area contributed by atoms with Gasteiger partial charge in [-0.25, -0.2) is 9.78 Å². The summed E-state index contributed by atoms with van der Waals surface area (Å²) in [6, 6.07) is 5.77. The van der Waals surface area contributed by atoms with Crippen molar-refractivity contribution in [2.75, 3.05) is 14.2 Å². The second-order valence-corrected chi connectivity index (χ2v) is 4.97. The van der Waals surface area contributed by atoms with Crippen molar-refractivity contribution in [1.82, 2.24) is 9.97 Å². The van der Waals surface area contributed by atoms with Crippen LogP contribution in [0.5, 0.6) is 5.75 Å². The summed E-state index contributed by atoms with van der Waals surface area (Å²) in [5.41, 5.74) is 2.76. The van der Waals surface area contributed by atoms with Crippen LogP contribution in [0.25, 0.3) is 11.4 Å². The number of hydrogen-bond acceptors (Lipinski definition) is 5. The number of carbonyl (C=O) groups excluding carboxylic acids is 1. The van der Waals surface area contributed by atoms with Gasteiger partial charge in [0.15, 0.2) is 0 Å². The summed E-state index contributed by atoms with van der Waals surface area (Å²) < 4.78 is 10.3. The quantitative estimate of drug-likeness (QED) is 0.697. The highest BCUT2D eigenvalue weighted by atomic mass is 32.1. The van der Waals surface area contributed by atoms with Crippen molar-refractivity contribution in [3.63, 3.8) is 0 Å². The van der Waals surface area contributed by atoms with Crippen LogP contribution in [0.3, 0.4) is 0 Å². The van der Waals surface area contributed by atoms with Gasteiger partial charge >= 0.3 is 5.97 Å². The van der Waals surface area contributed by atoms with Crippen molar-refractivity contribution in [2.24, 2.45) is 0 Å². The fraction of sp³-hybridized carbons (Fsp3) is 0.267. The summed E-state index contributed by atoms with van der Waals surface area (Å²) in [4.78, 5) is 19.1. The molecule has 1 aromatic carbocycles. The number of ether oxygens (including phenoxy) is 2. The smallest absolute Gasteiger partial charge is 0.342 e. The molecule has 110 valence electrons. The standard InChI is InChI=1S/C15H16N2O3S/c1-8-5-6-11(19-3)10(7-8)13-16-9(2)12(14(21)17-13)15(18)20-4/h5-7H,1-4H3,(H,16,17,21). The summed E-state index contributed by atoms with van der Waals surface area (Å²) in [7, 11) is 2.91. The van der Waals surface area contributed by atoms with Crippen molar-refractivity contribution in [2.45, 2.75) is 13.8 Å². The van der Waals surface area contributed by atoms with E-state index in [4.69, 9.17) is 21.7 Å². The van der Waals surface area contributed by atoms with Crippen LogP contribution < -0.4 is 4.74 Å². The molecule has 0 atom stereocenters. The average molecular weight is 304 g/mol. The Bertz CT molecular complexity index is 753. The van der Waals surface area contributed by atoms with Crippen molar-refractivity contribution in [3.05, 3.63) is 39.7 Å². The Morgan fingerprint density at radius 1 is 1.29 bits per heavy atom. The molecule has 0 aliphatic heterocycles. The van der Waals surface area contributed by atoms with Gasteiger partial charge in [-0.15, -0.1) is 0 Å². The Morgan fingerprint density at radius 2 is 2.00 bits per heavy atom. The molecule has 1 heterocycles. The zero-order valence-corrected chi connectivity index (χ0v) is 13.1. The molecule has 0 radical (unpaired) electrons. The Balaban J connectivity index is 2.65. The van der Waals surface area contributed by atoms with Gasteiger partial charge in [-0.2, -0.15) is 0 Å². The second-order valence-electron chi connectivity index (χ2n) is 4.59. The first kappa shape index (κ1) is 15.2. The number of aromatic amines is 1. The topological polar surface area (TPSA) is 64.2 Å². The number of hydrogen-bond donors (Lipinski definition) is 1. The summed E-state index contributed by atoms with van der Waals surface area (Å²) in [6.07, 6.45) is 0. The minimum atomic E-state index is -0.496. The van der Waals surface area contributed by atoms with E-state index >= 15 is 0 Å². The first-order valence-corrected chi connectivity index (χ1v) is 6.73. The number of nitrogens with zero attached hydrogens (tertiary/aromatic N) is 1. The minimum absolute atomic E-state index is 0.205. The Hall–Kier alpha value is -2.21. The van der Waals surface area contributed by atoms with Crippen LogP contribution >= 0.6 is 12.2 Å². The van der Waals surface area contributed by atoms with E-state index in [1.54, 1.807) is 14.0 Å². The number of carbonyl (C=O) groups is 1. The van der Waals surface area contributed by atoms with Gasteiger partial charge in [-0.05, 0) is 26.0 Å². The van der Waals surface area contributed by atoms with Gasteiger partial charge in [0.05, 0.1) is 19.8 Å². The second kappa shape index (κ2) is 6.05. The van der Waals surface area contributed by atoms with E-state index in [1.807, 2.05) is 25.1 Å². The maximum atomic E-state index is 11.7. The molecule has 5 nitrogen and oxygen atoms in total. The number of H-pyrrole nitrogens is 1. The molecular weight excluding hydrogens is 288 g/mol. The van der Waals surface area contributed by atoms with E-state index in [0.29, 0.717) is 17.3 Å². The van der Waals surface area contributed by atoms with Crippen LogP contribution in [-0.4, -0.2) is 30.2 Å². The molecule has 0 unspecified atom stereocenters. The van der Waals surface area contributed by atoms with Gasteiger partial charge in [-0.1, -0.05) is 23.8 Å². The minimum Gasteiger partial charge on any atom is -0.496 e. The van der Waals surface area contributed by atoms with Crippen molar-refractivity contribution in [3.8, 4) is 17.1 Å². The van der Waals surface area contributed by atoms with Crippen LogP contribution in [-0.2, 0) is 4.74 Å². The van der Waals surface area contributed by atoms with Crippen LogP contribution in [0.15, 0.2) is 18.2 Å². The molecule has 6 heteroatoms. The molecule has 2 aromatic rings. The predicted octanol–water partition coefficient (Wildman–Crippen LogP) is 3.22. The number of methoxy groups -OCH3 is 2. The van der Waals surface area contributed by atoms with Gasteiger partial charge < -0.3 is 14.5 Å². The lowest BCUT2D eigenvalue weighted by atomic mass is 10.1. The Kier molecular flexibility index (Phi) is 4.37. The predicted molar refractivity (Wildman–Crippen MR) is 82.2 cm³/mol. The van der Waals surface area contributed by atoms with Gasteiger partial charge in [0, 0.05) is 5.69 Å². The highest BCUT2D eigenvalue weighted by molar-refractivity contribution is 7.71. The van der Waals surface area contributed by atoms with E-state index in [2.05, 4.69) is 9.97 Å². The molecule has 0 saturated heterocycles. The maximum absolute atomic E-state index is 11.7. The molecule has 0 amide bonds. The molecule has 1 N–H and O–H groups in total. The number of benzene rings is 1. The van der Waals surface area contributed by atoms with Crippen LogP contribution in [0.1, 0.15) is 21.6 Å². The molecule has 0 saturated carbocycles. The third kappa shape index (κ3) is 2.95. The molecule has 0 aliphatic carbocycles. The van der Waals surface area contributed by atoms with E-state index < -0.39 is 5.97 Å². The monoisotopic (exact) mass is 304 g/mol. The van der Waals surface area contributed by atoms with Crippen molar-refractivity contribution < 1.29 is 14.3 Å². The highest BCUT2D eigenvalue weighted by Gasteiger charge is 2.16. The molecule has 0 fully saturated rings. The molecule has 21 heavy (non-hydrogen) atoms. The van der Waals surface area contributed by atoms with Crippen LogP contribution in [0.4, 0.5) is 0 Å². The lowest BCUT2D eigenvalue weighted by Crippen LogP contribution is -2.09. The molecule has 0 bridgehead atoms. The zero-order chi connectivity index (χ0) is 15.6. The van der Waals surface area contributed by atoms with E-state index in [0.717, 1.165) is 11.1 Å². The molecule has 2 rings (SSSR count). The normalized spacial score (nSPS) is 10.3. The SMILES string of the molecule is COC(=O)c1c(C)[nH]c(-c2cc(C)ccc2OC)nc1=S. The number of aryl methyl sites for hydroxylation is 2. The van der Waals surface area contributed by atoms with Crippen LogP contribution in [0.2, 0.25) is 0 Å². The summed E-state index contributed by atoms with van der Waals surface area (Å²) in [6.45, 7) is 3.74. The van der Waals surface area contributed by atoms with Gasteiger partial charge in [0.25, 0.3) is 0 Å². The zero-order valence-electron chi connectivity index (χ0n) is 12.3. The maximum Gasteiger partial charge on any atom is 0.342 e. The number of nitrogens with one attached hydrogen (secondary N) is 1. The lowest BCUT2D eigenvalue weighted by Gasteiger charge is -2.11. The molecular formula is C15H16N2O3S. The van der Waals surface area contributed by atoms with Gasteiger partial charge in [-0.3, -0.25) is 0 Å². The third-order valence-electron chi connectivity index (χ3n) is 3.11. The summed E-state index contributed by atoms with van der Waals surface area (Å²) >= 11 is 5.21. The van der Waals surface area contributed by atoms with E-state index in [-0.39, 0.29) is 10.2 Å². The molecule has 1 aromatic heterocycles. The number of esters is 1. The Labute approximate surface area is 127 Å². The van der Waals surface area contributed by atoms with Gasteiger partial charge in [0.1, 0.15) is 21.8 Å². The number of aromatic nitrogens is 2. The molecule has 0 spiro atoms. The van der Waals surface area contributed by atoms with E-state index in [9.17, 15) is 4.79 Å². The third-order valence-corrected chi connectivity index (χ3v) is 3.40. The average Bonchev–Trinajstić information content (AvgIpc) is 2.46. The molecule has 0 aliphatic rings. The van der Waals surface area contributed by atoms with Crippen LogP contribution in [0, 0.1) is 18.5 Å². The Morgan fingerprint density at radius 3 is 2.57 bits per heavy atom. The largest absolute Gasteiger partial charge is 0.496 e.